The summed E-state index contributed by atoms with van der Waals surface area (Å²) >= 11 is 7.60. The fourth-order valence-electron chi connectivity index (χ4n) is 2.32. The Morgan fingerprint density at radius 3 is 2.71 bits per heavy atom. The van der Waals surface area contributed by atoms with Crippen LogP contribution in [0.15, 0.2) is 29.2 Å². The first kappa shape index (κ1) is 13.0. The highest BCUT2D eigenvalue weighted by molar-refractivity contribution is 8.00. The molecule has 1 aliphatic rings. The van der Waals surface area contributed by atoms with Crippen LogP contribution in [0.4, 0.5) is 0 Å². The Morgan fingerprint density at radius 1 is 1.29 bits per heavy atom. The number of hydrogen-bond acceptors (Lipinski definition) is 2. The molecular formula is C14H17ClOS. The van der Waals surface area contributed by atoms with Gasteiger partial charge in [0.15, 0.2) is 0 Å². The Kier molecular flexibility index (Phi) is 4.93. The number of hydrogen-bond donors (Lipinski definition) is 0. The normalized spacial score (nSPS) is 16.3. The molecule has 1 nitrogen and oxygen atoms in total. The third-order valence-electron chi connectivity index (χ3n) is 3.22. The molecule has 0 bridgehead atoms. The highest BCUT2D eigenvalue weighted by Crippen LogP contribution is 2.30. The molecule has 0 unspecified atom stereocenters. The molecule has 2 rings (SSSR count). The summed E-state index contributed by atoms with van der Waals surface area (Å²) in [6.07, 6.45) is 5.84. The zero-order valence-corrected chi connectivity index (χ0v) is 11.4. The summed E-state index contributed by atoms with van der Waals surface area (Å²) in [7, 11) is 0. The summed E-state index contributed by atoms with van der Waals surface area (Å²) in [6.45, 7) is 0. The molecule has 92 valence electrons. The summed E-state index contributed by atoms with van der Waals surface area (Å²) in [5.74, 6) is 1.57. The molecule has 0 atom stereocenters. The highest BCUT2D eigenvalue weighted by atomic mass is 35.5. The lowest BCUT2D eigenvalue weighted by molar-refractivity contribution is -0.117. The second-order valence-electron chi connectivity index (χ2n) is 4.61. The van der Waals surface area contributed by atoms with E-state index in [-0.39, 0.29) is 0 Å². The molecular weight excluding hydrogens is 252 g/mol. The smallest absolute Gasteiger partial charge is 0.143 e. The molecule has 0 spiro atoms. The van der Waals surface area contributed by atoms with Gasteiger partial charge in [0.05, 0.1) is 10.8 Å². The highest BCUT2D eigenvalue weighted by Gasteiger charge is 2.18. The van der Waals surface area contributed by atoms with Crippen LogP contribution in [0.25, 0.3) is 0 Å². The molecule has 0 aliphatic heterocycles. The van der Waals surface area contributed by atoms with Crippen LogP contribution >= 0.6 is 23.4 Å². The Labute approximate surface area is 112 Å². The summed E-state index contributed by atoms with van der Waals surface area (Å²) in [6, 6.07) is 7.70. The van der Waals surface area contributed by atoms with Crippen molar-refractivity contribution in [1.29, 1.82) is 0 Å². The third kappa shape index (κ3) is 4.04. The van der Waals surface area contributed by atoms with E-state index < -0.39 is 0 Å². The summed E-state index contributed by atoms with van der Waals surface area (Å²) in [4.78, 5) is 12.8. The van der Waals surface area contributed by atoms with Gasteiger partial charge in [-0.3, -0.25) is 4.79 Å². The molecule has 1 saturated carbocycles. The van der Waals surface area contributed by atoms with Gasteiger partial charge in [0, 0.05) is 11.3 Å². The first-order chi connectivity index (χ1) is 8.25. The number of Topliss-reactive ketones (excluding diaryl/α,β-unsaturated/α-hetero) is 1. The van der Waals surface area contributed by atoms with E-state index in [1.54, 1.807) is 11.8 Å². The lowest BCUT2D eigenvalue weighted by atomic mass is 10.0. The van der Waals surface area contributed by atoms with E-state index in [4.69, 9.17) is 11.6 Å². The minimum absolute atomic E-state index is 0.363. The number of benzene rings is 1. The zero-order chi connectivity index (χ0) is 12.1. The van der Waals surface area contributed by atoms with E-state index in [0.29, 0.717) is 17.5 Å². The van der Waals surface area contributed by atoms with Crippen molar-refractivity contribution in [2.45, 2.75) is 37.0 Å². The maximum Gasteiger partial charge on any atom is 0.143 e. The van der Waals surface area contributed by atoms with Crippen LogP contribution in [0.3, 0.4) is 0 Å². The number of ketones is 1. The molecule has 0 N–H and O–H groups in total. The van der Waals surface area contributed by atoms with Crippen molar-refractivity contribution in [2.75, 3.05) is 5.75 Å². The van der Waals surface area contributed by atoms with Gasteiger partial charge in [-0.2, -0.15) is 0 Å². The van der Waals surface area contributed by atoms with Gasteiger partial charge in [-0.15, -0.1) is 11.8 Å². The average molecular weight is 269 g/mol. The van der Waals surface area contributed by atoms with Gasteiger partial charge < -0.3 is 0 Å². The molecule has 1 aromatic carbocycles. The van der Waals surface area contributed by atoms with Crippen LogP contribution < -0.4 is 0 Å². The Balaban J connectivity index is 1.77. The lowest BCUT2D eigenvalue weighted by Gasteiger charge is -2.07. The predicted octanol–water partition coefficient (Wildman–Crippen LogP) is 4.58. The molecule has 1 aromatic rings. The second-order valence-corrected chi connectivity index (χ2v) is 6.04. The molecule has 0 saturated heterocycles. The van der Waals surface area contributed by atoms with E-state index >= 15 is 0 Å². The fourth-order valence-corrected chi connectivity index (χ4v) is 3.43. The van der Waals surface area contributed by atoms with Gasteiger partial charge in [-0.1, -0.05) is 49.4 Å². The summed E-state index contributed by atoms with van der Waals surface area (Å²) in [5, 5.41) is 0.742. The number of carbonyl (C=O) groups is 1. The van der Waals surface area contributed by atoms with Crippen molar-refractivity contribution in [3.05, 3.63) is 29.3 Å². The van der Waals surface area contributed by atoms with Gasteiger partial charge in [0.1, 0.15) is 5.78 Å². The van der Waals surface area contributed by atoms with Crippen molar-refractivity contribution in [3.63, 3.8) is 0 Å². The van der Waals surface area contributed by atoms with Crippen LogP contribution in [-0.4, -0.2) is 11.5 Å². The molecule has 0 amide bonds. The average Bonchev–Trinajstić information content (AvgIpc) is 2.81. The molecule has 0 aromatic heterocycles. The topological polar surface area (TPSA) is 17.1 Å². The number of rotatable bonds is 5. The number of carbonyl (C=O) groups excluding carboxylic acids is 1. The molecule has 1 fully saturated rings. The molecule has 17 heavy (non-hydrogen) atoms. The van der Waals surface area contributed by atoms with E-state index in [2.05, 4.69) is 0 Å². The van der Waals surface area contributed by atoms with Gasteiger partial charge >= 0.3 is 0 Å². The first-order valence-corrected chi connectivity index (χ1v) is 7.51. The quantitative estimate of drug-likeness (QED) is 0.727. The van der Waals surface area contributed by atoms with Gasteiger partial charge in [0.25, 0.3) is 0 Å². The maximum absolute atomic E-state index is 11.8. The van der Waals surface area contributed by atoms with E-state index in [0.717, 1.165) is 16.3 Å². The van der Waals surface area contributed by atoms with Crippen molar-refractivity contribution < 1.29 is 4.79 Å². The van der Waals surface area contributed by atoms with Crippen molar-refractivity contribution >= 4 is 29.1 Å². The van der Waals surface area contributed by atoms with Gasteiger partial charge in [-0.25, -0.2) is 0 Å². The molecule has 3 heteroatoms. The van der Waals surface area contributed by atoms with Crippen molar-refractivity contribution in [1.82, 2.24) is 0 Å². The predicted molar refractivity (Wildman–Crippen MR) is 73.8 cm³/mol. The van der Waals surface area contributed by atoms with E-state index in [1.807, 2.05) is 24.3 Å². The Morgan fingerprint density at radius 2 is 2.00 bits per heavy atom. The monoisotopic (exact) mass is 268 g/mol. The first-order valence-electron chi connectivity index (χ1n) is 6.15. The van der Waals surface area contributed by atoms with E-state index in [1.165, 1.54) is 25.7 Å². The maximum atomic E-state index is 11.8. The second kappa shape index (κ2) is 6.46. The fraction of sp³-hybridized carbons (Fsp3) is 0.500. The van der Waals surface area contributed by atoms with Gasteiger partial charge in [0.2, 0.25) is 0 Å². The summed E-state index contributed by atoms with van der Waals surface area (Å²) < 4.78 is 0. The minimum Gasteiger partial charge on any atom is -0.299 e. The minimum atomic E-state index is 0.363. The van der Waals surface area contributed by atoms with Gasteiger partial charge in [-0.05, 0) is 18.1 Å². The largest absolute Gasteiger partial charge is 0.299 e. The number of halogens is 1. The Hall–Kier alpha value is -0.470. The van der Waals surface area contributed by atoms with Crippen LogP contribution in [0.2, 0.25) is 5.02 Å². The third-order valence-corrected chi connectivity index (χ3v) is 4.79. The van der Waals surface area contributed by atoms with Crippen molar-refractivity contribution in [3.8, 4) is 0 Å². The SMILES string of the molecule is O=C(CSc1ccccc1Cl)CC1CCCC1. The molecule has 0 heterocycles. The van der Waals surface area contributed by atoms with Crippen LogP contribution in [0.5, 0.6) is 0 Å². The lowest BCUT2D eigenvalue weighted by Crippen LogP contribution is -2.07. The zero-order valence-electron chi connectivity index (χ0n) is 9.82. The molecule has 1 aliphatic carbocycles. The number of thioether (sulfide) groups is 1. The summed E-state index contributed by atoms with van der Waals surface area (Å²) in [5.41, 5.74) is 0. The van der Waals surface area contributed by atoms with Crippen LogP contribution in [-0.2, 0) is 4.79 Å². The van der Waals surface area contributed by atoms with Crippen molar-refractivity contribution in [2.24, 2.45) is 5.92 Å². The van der Waals surface area contributed by atoms with Crippen LogP contribution in [0.1, 0.15) is 32.1 Å². The molecule has 0 radical (unpaired) electrons. The van der Waals surface area contributed by atoms with Crippen LogP contribution in [0, 0.1) is 5.92 Å². The standard InChI is InChI=1S/C14H17ClOS/c15-13-7-3-4-8-14(13)17-10-12(16)9-11-5-1-2-6-11/h3-4,7-8,11H,1-2,5-6,9-10H2. The Bertz CT molecular complexity index is 386. The van der Waals surface area contributed by atoms with E-state index in [9.17, 15) is 4.79 Å².